The molecule has 2 aromatic heterocycles. The molecule has 2 aromatic rings. The molecule has 0 aromatic carbocycles. The fraction of sp³-hybridized carbons (Fsp3) is 0.375. The topological polar surface area (TPSA) is 99.5 Å². The zero-order valence-corrected chi connectivity index (χ0v) is 13.3. The van der Waals surface area contributed by atoms with E-state index in [1.54, 1.807) is 13.2 Å². The standard InChI is InChI=1S/C16H15N5O3/c1-23-15-9-5-6-10(22)19-13(9)20-14(21-15)11-12(8-3-4-8)17-7-18-16(11)24-2/h5,7-8H,3-4,6H2,1-2H3. The zero-order valence-electron chi connectivity index (χ0n) is 13.3. The summed E-state index contributed by atoms with van der Waals surface area (Å²) in [5.41, 5.74) is 1.80. The third kappa shape index (κ3) is 2.40. The summed E-state index contributed by atoms with van der Waals surface area (Å²) in [5, 5.41) is 0.629. The van der Waals surface area contributed by atoms with Crippen molar-refractivity contribution in [3.8, 4) is 23.1 Å². The van der Waals surface area contributed by atoms with Crippen LogP contribution < -0.4 is 20.2 Å². The maximum Gasteiger partial charge on any atom is 0.251 e. The smallest absolute Gasteiger partial charge is 0.251 e. The second-order valence-corrected chi connectivity index (χ2v) is 5.63. The lowest BCUT2D eigenvalue weighted by atomic mass is 10.1. The van der Waals surface area contributed by atoms with Gasteiger partial charge in [0.25, 0.3) is 5.91 Å². The van der Waals surface area contributed by atoms with Gasteiger partial charge in [-0.25, -0.2) is 15.0 Å². The van der Waals surface area contributed by atoms with E-state index < -0.39 is 0 Å². The number of nitrogens with zero attached hydrogens (tertiary/aromatic N) is 5. The van der Waals surface area contributed by atoms with Gasteiger partial charge in [0, 0.05) is 12.3 Å². The summed E-state index contributed by atoms with van der Waals surface area (Å²) >= 11 is 0. The van der Waals surface area contributed by atoms with Crippen LogP contribution in [0.25, 0.3) is 17.5 Å². The molecule has 1 aliphatic carbocycles. The van der Waals surface area contributed by atoms with Crippen LogP contribution in [0.3, 0.4) is 0 Å². The second-order valence-electron chi connectivity index (χ2n) is 5.63. The van der Waals surface area contributed by atoms with Crippen LogP contribution in [-0.4, -0.2) is 40.1 Å². The molecule has 4 rings (SSSR count). The first-order chi connectivity index (χ1) is 11.7. The fourth-order valence-electron chi connectivity index (χ4n) is 2.74. The van der Waals surface area contributed by atoms with E-state index in [1.165, 1.54) is 13.4 Å². The Balaban J connectivity index is 2.01. The first-order valence-corrected chi connectivity index (χ1v) is 7.64. The summed E-state index contributed by atoms with van der Waals surface area (Å²) in [4.78, 5) is 33.1. The van der Waals surface area contributed by atoms with Crippen molar-refractivity contribution < 1.29 is 14.3 Å². The maximum atomic E-state index is 11.6. The van der Waals surface area contributed by atoms with Gasteiger partial charge in [-0.15, -0.1) is 0 Å². The van der Waals surface area contributed by atoms with Crippen molar-refractivity contribution in [2.45, 2.75) is 25.2 Å². The normalized spacial score (nSPS) is 16.0. The van der Waals surface area contributed by atoms with E-state index >= 15 is 0 Å². The van der Waals surface area contributed by atoms with Gasteiger partial charge in [0.2, 0.25) is 11.8 Å². The molecule has 0 spiro atoms. The predicted octanol–water partition coefficient (Wildman–Crippen LogP) is 0.159. The Morgan fingerprint density at radius 3 is 2.58 bits per heavy atom. The minimum atomic E-state index is -0.243. The van der Waals surface area contributed by atoms with Gasteiger partial charge in [0.05, 0.1) is 25.1 Å². The third-order valence-electron chi connectivity index (χ3n) is 4.02. The Morgan fingerprint density at radius 1 is 1.08 bits per heavy atom. The molecular weight excluding hydrogens is 310 g/mol. The molecule has 0 radical (unpaired) electrons. The highest BCUT2D eigenvalue weighted by Gasteiger charge is 2.31. The maximum absolute atomic E-state index is 11.6. The average molecular weight is 325 g/mol. The number of methoxy groups -OCH3 is 2. The molecule has 0 unspecified atom stereocenters. The Hall–Kier alpha value is -2.90. The number of fused-ring (bicyclic) bond motifs is 1. The third-order valence-corrected chi connectivity index (χ3v) is 4.02. The summed E-state index contributed by atoms with van der Waals surface area (Å²) in [5.74, 6) is 1.25. The second kappa shape index (κ2) is 5.63. The number of carbonyl (C=O) groups is 1. The van der Waals surface area contributed by atoms with Gasteiger partial charge in [-0.2, -0.15) is 9.98 Å². The van der Waals surface area contributed by atoms with Crippen LogP contribution in [0.2, 0.25) is 0 Å². The van der Waals surface area contributed by atoms with Crippen molar-refractivity contribution in [1.29, 1.82) is 0 Å². The Labute approximate surface area is 137 Å². The lowest BCUT2D eigenvalue weighted by Crippen LogP contribution is -2.35. The highest BCUT2D eigenvalue weighted by molar-refractivity contribution is 5.83. The zero-order chi connectivity index (χ0) is 16.7. The van der Waals surface area contributed by atoms with Crippen LogP contribution in [0.5, 0.6) is 11.8 Å². The Kier molecular flexibility index (Phi) is 3.44. The Morgan fingerprint density at radius 2 is 1.88 bits per heavy atom. The number of carbonyl (C=O) groups excluding carboxylic acids is 1. The van der Waals surface area contributed by atoms with Gasteiger partial charge in [0.1, 0.15) is 11.9 Å². The van der Waals surface area contributed by atoms with Gasteiger partial charge >= 0.3 is 0 Å². The van der Waals surface area contributed by atoms with Gasteiger partial charge in [-0.05, 0) is 12.8 Å². The molecule has 2 aliphatic rings. The first kappa shape index (κ1) is 14.7. The van der Waals surface area contributed by atoms with Crippen LogP contribution in [0.4, 0.5) is 0 Å². The number of amides is 1. The van der Waals surface area contributed by atoms with Gasteiger partial charge in [0.15, 0.2) is 11.3 Å². The summed E-state index contributed by atoms with van der Waals surface area (Å²) in [6.07, 6.45) is 5.55. The molecular formula is C16H15N5O3. The van der Waals surface area contributed by atoms with E-state index in [-0.39, 0.29) is 12.3 Å². The Bertz CT molecular complexity index is 953. The van der Waals surface area contributed by atoms with E-state index in [0.29, 0.717) is 39.8 Å². The van der Waals surface area contributed by atoms with E-state index in [1.807, 2.05) is 0 Å². The number of rotatable bonds is 4. The highest BCUT2D eigenvalue weighted by Crippen LogP contribution is 2.44. The largest absolute Gasteiger partial charge is 0.480 e. The van der Waals surface area contributed by atoms with Crippen molar-refractivity contribution in [2.24, 2.45) is 4.99 Å². The minimum absolute atomic E-state index is 0.219. The van der Waals surface area contributed by atoms with Crippen molar-refractivity contribution in [2.75, 3.05) is 14.2 Å². The molecule has 1 amide bonds. The summed E-state index contributed by atoms with van der Waals surface area (Å²) in [6, 6.07) is 0. The van der Waals surface area contributed by atoms with Gasteiger partial charge in [-0.1, -0.05) is 6.08 Å². The van der Waals surface area contributed by atoms with Crippen LogP contribution in [0, 0.1) is 0 Å². The number of hydrogen-bond acceptors (Lipinski definition) is 7. The quantitative estimate of drug-likeness (QED) is 0.789. The van der Waals surface area contributed by atoms with Crippen LogP contribution in [0.15, 0.2) is 11.3 Å². The molecule has 0 atom stereocenters. The molecule has 0 saturated heterocycles. The van der Waals surface area contributed by atoms with Gasteiger partial charge < -0.3 is 9.47 Å². The molecule has 122 valence electrons. The lowest BCUT2D eigenvalue weighted by Gasteiger charge is -2.12. The van der Waals surface area contributed by atoms with Gasteiger partial charge in [-0.3, -0.25) is 4.79 Å². The number of ether oxygens (including phenoxy) is 2. The molecule has 3 heterocycles. The molecule has 8 nitrogen and oxygen atoms in total. The average Bonchev–Trinajstić information content (AvgIpc) is 3.44. The minimum Gasteiger partial charge on any atom is -0.480 e. The molecule has 1 saturated carbocycles. The van der Waals surface area contributed by atoms with Crippen molar-refractivity contribution in [3.05, 3.63) is 22.7 Å². The summed E-state index contributed by atoms with van der Waals surface area (Å²) in [7, 11) is 3.07. The molecule has 8 heteroatoms. The van der Waals surface area contributed by atoms with Crippen molar-refractivity contribution in [1.82, 2.24) is 19.9 Å². The summed E-state index contributed by atoms with van der Waals surface area (Å²) in [6.45, 7) is 0. The predicted molar refractivity (Wildman–Crippen MR) is 83.0 cm³/mol. The molecule has 1 fully saturated rings. The van der Waals surface area contributed by atoms with E-state index in [2.05, 4.69) is 24.9 Å². The number of aromatic nitrogens is 4. The fourth-order valence-corrected chi connectivity index (χ4v) is 2.74. The van der Waals surface area contributed by atoms with Crippen LogP contribution >= 0.6 is 0 Å². The van der Waals surface area contributed by atoms with E-state index in [4.69, 9.17) is 9.47 Å². The molecule has 0 bridgehead atoms. The lowest BCUT2D eigenvalue weighted by molar-refractivity contribution is -0.117. The highest BCUT2D eigenvalue weighted by atomic mass is 16.5. The molecule has 1 aliphatic heterocycles. The van der Waals surface area contributed by atoms with Crippen molar-refractivity contribution in [3.63, 3.8) is 0 Å². The summed E-state index contributed by atoms with van der Waals surface area (Å²) < 4.78 is 10.7. The first-order valence-electron chi connectivity index (χ1n) is 7.64. The number of hydrogen-bond donors (Lipinski definition) is 0. The van der Waals surface area contributed by atoms with Crippen molar-refractivity contribution >= 4 is 12.0 Å². The van der Waals surface area contributed by atoms with E-state index in [0.717, 1.165) is 18.5 Å². The molecule has 0 N–H and O–H groups in total. The van der Waals surface area contributed by atoms with Crippen LogP contribution in [0.1, 0.15) is 30.9 Å². The molecule has 24 heavy (non-hydrogen) atoms. The SMILES string of the molecule is COc1ncnc(C2CC2)c1-c1nc(OC)c2c(n1)=NC(=O)CC=2. The van der Waals surface area contributed by atoms with E-state index in [9.17, 15) is 4.79 Å². The monoisotopic (exact) mass is 325 g/mol. The van der Waals surface area contributed by atoms with Crippen LogP contribution in [-0.2, 0) is 4.79 Å².